The third-order valence-corrected chi connectivity index (χ3v) is 7.45. The van der Waals surface area contributed by atoms with Gasteiger partial charge in [-0.15, -0.1) is 0 Å². The molecule has 1 unspecified atom stereocenters. The van der Waals surface area contributed by atoms with E-state index in [0.29, 0.717) is 0 Å². The Morgan fingerprint density at radius 1 is 0.767 bits per heavy atom. The minimum absolute atomic E-state index is 0.373. The van der Waals surface area contributed by atoms with Crippen LogP contribution in [-0.2, 0) is 57.2 Å². The lowest BCUT2D eigenvalue weighted by Crippen LogP contribution is -2.58. The van der Waals surface area contributed by atoms with Gasteiger partial charge in [0.05, 0.1) is 5.92 Å². The van der Waals surface area contributed by atoms with E-state index in [1.807, 2.05) is 0 Å². The first-order chi connectivity index (χ1) is 19.6. The number of carbonyl (C=O) groups is 7. The van der Waals surface area contributed by atoms with Gasteiger partial charge in [-0.2, -0.15) is 0 Å². The van der Waals surface area contributed by atoms with Crippen LogP contribution in [0.3, 0.4) is 0 Å². The van der Waals surface area contributed by atoms with Crippen molar-refractivity contribution in [2.45, 2.75) is 104 Å². The van der Waals surface area contributed by atoms with Crippen molar-refractivity contribution in [3.63, 3.8) is 0 Å². The van der Waals surface area contributed by atoms with Gasteiger partial charge in [0.15, 0.2) is 23.3 Å². The van der Waals surface area contributed by atoms with E-state index in [2.05, 4.69) is 6.58 Å². The van der Waals surface area contributed by atoms with Crippen LogP contribution in [0.25, 0.3) is 0 Å². The van der Waals surface area contributed by atoms with Gasteiger partial charge in [0.1, 0.15) is 17.8 Å². The molecule has 0 radical (unpaired) electrons. The Balaban J connectivity index is 3.13. The van der Waals surface area contributed by atoms with Crippen molar-refractivity contribution in [2.75, 3.05) is 0 Å². The topological polar surface area (TPSA) is 186 Å². The lowest BCUT2D eigenvalue weighted by atomic mass is 9.72. The Morgan fingerprint density at radius 3 is 1.70 bits per heavy atom. The summed E-state index contributed by atoms with van der Waals surface area (Å²) in [6.07, 6.45) is -4.94. The van der Waals surface area contributed by atoms with Gasteiger partial charge in [-0.1, -0.05) is 25.7 Å². The number of aliphatic hydroxyl groups is 1. The Kier molecular flexibility index (Phi) is 10.5. The van der Waals surface area contributed by atoms with E-state index in [0.717, 1.165) is 34.6 Å². The highest BCUT2D eigenvalue weighted by atomic mass is 16.6. The molecule has 0 bridgehead atoms. The van der Waals surface area contributed by atoms with Crippen molar-refractivity contribution in [1.29, 1.82) is 0 Å². The lowest BCUT2D eigenvalue weighted by Gasteiger charge is -2.42. The van der Waals surface area contributed by atoms with Crippen LogP contribution >= 0.6 is 0 Å². The number of hydrogen-bond acceptors (Lipinski definition) is 13. The zero-order valence-electron chi connectivity index (χ0n) is 25.9. The van der Waals surface area contributed by atoms with Crippen molar-refractivity contribution in [1.82, 2.24) is 0 Å². The SMILES string of the molecule is C=C1[C@H](OC(C)=O)C2[C@@H](OC(C)=O)[C@](C)(O)C[C@]2(OC(C)=O)C(=O)[C@H](C)/C=C/C(C)(C)C(=O)[C@H](OC(C)=O)[C@H]1OC(C)=O. The third kappa shape index (κ3) is 7.56. The van der Waals surface area contributed by atoms with Crippen molar-refractivity contribution in [3.8, 4) is 0 Å². The van der Waals surface area contributed by atoms with E-state index in [-0.39, 0.29) is 5.57 Å². The molecule has 0 aromatic carbocycles. The number of rotatable bonds is 5. The maximum Gasteiger partial charge on any atom is 0.303 e. The van der Waals surface area contributed by atoms with Crippen LogP contribution in [0, 0.1) is 17.3 Å². The molecule has 0 heterocycles. The quantitative estimate of drug-likeness (QED) is 0.270. The van der Waals surface area contributed by atoms with Gasteiger partial charge in [-0.3, -0.25) is 33.6 Å². The molecule has 0 aromatic rings. The van der Waals surface area contributed by atoms with Gasteiger partial charge in [0, 0.05) is 57.9 Å². The minimum atomic E-state index is -2.30. The van der Waals surface area contributed by atoms with E-state index in [1.165, 1.54) is 39.8 Å². The standard InChI is InChI=1S/C30H40O13/c1-14-11-12-28(8,9)26(37)24(41-18(5)33)23(40-17(4)32)15(2)22(39-16(3)31)21-27(42-19(6)34)29(10,38)13-30(21,25(14)36)43-20(7)35/h11-12,14,21-24,27,38H,2,13H2,1,3-10H3/b12-11+/t14-,21?,22+,23+,24-,27-,29-,30-/m1/s1. The maximum absolute atomic E-state index is 14.3. The molecule has 238 valence electrons. The molecule has 1 fully saturated rings. The van der Waals surface area contributed by atoms with Crippen LogP contribution in [0.4, 0.5) is 0 Å². The second kappa shape index (κ2) is 12.8. The van der Waals surface area contributed by atoms with Crippen LogP contribution in [0.1, 0.15) is 68.7 Å². The van der Waals surface area contributed by atoms with Gasteiger partial charge in [-0.05, 0) is 20.8 Å². The van der Waals surface area contributed by atoms with E-state index < -0.39 is 101 Å². The molecule has 1 N–H and O–H groups in total. The minimum Gasteiger partial charge on any atom is -0.459 e. The Morgan fingerprint density at radius 2 is 1.23 bits per heavy atom. The monoisotopic (exact) mass is 608 g/mol. The van der Waals surface area contributed by atoms with Crippen molar-refractivity contribution >= 4 is 41.4 Å². The van der Waals surface area contributed by atoms with Gasteiger partial charge in [0.25, 0.3) is 0 Å². The van der Waals surface area contributed by atoms with Crippen molar-refractivity contribution in [2.24, 2.45) is 17.3 Å². The summed E-state index contributed by atoms with van der Waals surface area (Å²) in [6.45, 7) is 14.7. The third-order valence-electron chi connectivity index (χ3n) is 7.45. The molecule has 0 aliphatic heterocycles. The summed E-state index contributed by atoms with van der Waals surface area (Å²) in [5, 5.41) is 11.6. The summed E-state index contributed by atoms with van der Waals surface area (Å²) in [5.41, 5.74) is -6.15. The maximum atomic E-state index is 14.3. The molecule has 13 heteroatoms. The van der Waals surface area contributed by atoms with Gasteiger partial charge >= 0.3 is 29.8 Å². The summed E-state index contributed by atoms with van der Waals surface area (Å²) >= 11 is 0. The molecule has 2 rings (SSSR count). The van der Waals surface area contributed by atoms with Crippen LogP contribution < -0.4 is 0 Å². The number of esters is 5. The Bertz CT molecular complexity index is 1240. The first-order valence-electron chi connectivity index (χ1n) is 13.6. The zero-order valence-corrected chi connectivity index (χ0v) is 25.9. The molecule has 0 saturated heterocycles. The van der Waals surface area contributed by atoms with Gasteiger partial charge in [-0.25, -0.2) is 0 Å². The first kappa shape index (κ1) is 35.3. The van der Waals surface area contributed by atoms with E-state index in [9.17, 15) is 38.7 Å². The summed E-state index contributed by atoms with van der Waals surface area (Å²) in [5.74, 6) is -8.94. The summed E-state index contributed by atoms with van der Waals surface area (Å²) in [4.78, 5) is 90.2. The molecule has 43 heavy (non-hydrogen) atoms. The first-order valence-corrected chi connectivity index (χ1v) is 13.6. The van der Waals surface area contributed by atoms with Gasteiger partial charge in [0.2, 0.25) is 6.10 Å². The molecule has 2 aliphatic rings. The van der Waals surface area contributed by atoms with Crippen LogP contribution in [0.15, 0.2) is 24.3 Å². The van der Waals surface area contributed by atoms with Crippen LogP contribution in [0.2, 0.25) is 0 Å². The fourth-order valence-corrected chi connectivity index (χ4v) is 5.80. The zero-order chi connectivity index (χ0) is 33.2. The van der Waals surface area contributed by atoms with Crippen LogP contribution in [-0.4, -0.2) is 82.1 Å². The van der Waals surface area contributed by atoms with Crippen molar-refractivity contribution in [3.05, 3.63) is 24.3 Å². The summed E-state index contributed by atoms with van der Waals surface area (Å²) in [6, 6.07) is 0. The highest BCUT2D eigenvalue weighted by Gasteiger charge is 2.70. The van der Waals surface area contributed by atoms with Gasteiger partial charge < -0.3 is 28.8 Å². The number of carbonyl (C=O) groups excluding carboxylic acids is 7. The smallest absolute Gasteiger partial charge is 0.303 e. The number of allylic oxidation sites excluding steroid dienone is 2. The summed E-state index contributed by atoms with van der Waals surface area (Å²) in [7, 11) is 0. The second-order valence-corrected chi connectivity index (χ2v) is 11.8. The molecule has 0 amide bonds. The Hall–Kier alpha value is -3.87. The normalized spacial score (nSPS) is 34.9. The molecule has 1 saturated carbocycles. The largest absolute Gasteiger partial charge is 0.459 e. The number of ketones is 2. The number of fused-ring (bicyclic) bond motifs is 1. The van der Waals surface area contributed by atoms with E-state index in [4.69, 9.17) is 23.7 Å². The average molecular weight is 609 g/mol. The van der Waals surface area contributed by atoms with Crippen LogP contribution in [0.5, 0.6) is 0 Å². The van der Waals surface area contributed by atoms with E-state index in [1.54, 1.807) is 0 Å². The molecule has 2 aliphatic carbocycles. The lowest BCUT2D eigenvalue weighted by molar-refractivity contribution is -0.188. The molecular formula is C30H40O13. The molecule has 0 spiro atoms. The Labute approximate surface area is 249 Å². The molecule has 0 aromatic heterocycles. The molecule has 13 nitrogen and oxygen atoms in total. The fourth-order valence-electron chi connectivity index (χ4n) is 5.80. The highest BCUT2D eigenvalue weighted by Crippen LogP contribution is 2.52. The predicted octanol–water partition coefficient (Wildman–Crippen LogP) is 1.71. The number of ether oxygens (including phenoxy) is 5. The van der Waals surface area contributed by atoms with Crippen molar-refractivity contribution < 1.29 is 62.4 Å². The highest BCUT2D eigenvalue weighted by molar-refractivity contribution is 5.95. The number of hydrogen-bond donors (Lipinski definition) is 1. The van der Waals surface area contributed by atoms with E-state index >= 15 is 0 Å². The second-order valence-electron chi connectivity index (χ2n) is 11.8. The fraction of sp³-hybridized carbons (Fsp3) is 0.633. The average Bonchev–Trinajstić information content (AvgIpc) is 3.06. The predicted molar refractivity (Wildman–Crippen MR) is 147 cm³/mol. The molecule has 8 atom stereocenters. The molecular weight excluding hydrogens is 568 g/mol. The summed E-state index contributed by atoms with van der Waals surface area (Å²) < 4.78 is 27.7. The number of Topliss-reactive ketones (excluding diaryl/α,β-unsaturated/α-hetero) is 2.